The van der Waals surface area contributed by atoms with Crippen LogP contribution in [0.2, 0.25) is 0 Å². The second-order valence-corrected chi connectivity index (χ2v) is 8.37. The number of ether oxygens (including phenoxy) is 3. The zero-order valence-electron chi connectivity index (χ0n) is 20.8. The molecule has 0 spiro atoms. The number of hydrogen-bond acceptors (Lipinski definition) is 5. The highest BCUT2D eigenvalue weighted by Gasteiger charge is 2.17. The minimum Gasteiger partial charge on any atom is -0.497 e. The molecule has 1 aromatic heterocycles. The van der Waals surface area contributed by atoms with Gasteiger partial charge in [-0.3, -0.25) is 4.79 Å². The highest BCUT2D eigenvalue weighted by Crippen LogP contribution is 2.28. The lowest BCUT2D eigenvalue weighted by Gasteiger charge is -2.23. The van der Waals surface area contributed by atoms with Crippen LogP contribution in [-0.2, 0) is 13.0 Å². The molecule has 1 heterocycles. The second kappa shape index (κ2) is 11.5. The highest BCUT2D eigenvalue weighted by atomic mass is 19.1. The van der Waals surface area contributed by atoms with E-state index in [1.165, 1.54) is 24.3 Å². The van der Waals surface area contributed by atoms with Gasteiger partial charge >= 0.3 is 6.03 Å². The van der Waals surface area contributed by atoms with E-state index in [2.05, 4.69) is 10.3 Å². The number of amides is 2. The molecule has 37 heavy (non-hydrogen) atoms. The third kappa shape index (κ3) is 6.19. The summed E-state index contributed by atoms with van der Waals surface area (Å²) in [4.78, 5) is 30.6. The number of benzene rings is 3. The first-order valence-corrected chi connectivity index (χ1v) is 11.6. The molecule has 192 valence electrons. The van der Waals surface area contributed by atoms with Crippen LogP contribution in [0.15, 0.2) is 71.5 Å². The summed E-state index contributed by atoms with van der Waals surface area (Å²) in [6, 6.07) is 17.8. The number of anilines is 1. The molecule has 0 saturated carbocycles. The van der Waals surface area contributed by atoms with Crippen LogP contribution in [0.3, 0.4) is 0 Å². The van der Waals surface area contributed by atoms with Crippen molar-refractivity contribution in [3.8, 4) is 17.2 Å². The molecule has 2 amide bonds. The number of nitrogens with one attached hydrogen (secondary N) is 2. The van der Waals surface area contributed by atoms with Crippen LogP contribution in [0.5, 0.6) is 17.2 Å². The maximum atomic E-state index is 13.3. The predicted molar refractivity (Wildman–Crippen MR) is 140 cm³/mol. The van der Waals surface area contributed by atoms with Crippen molar-refractivity contribution in [1.82, 2.24) is 9.88 Å². The highest BCUT2D eigenvalue weighted by molar-refractivity contribution is 5.89. The summed E-state index contributed by atoms with van der Waals surface area (Å²) < 4.78 is 29.2. The molecule has 2 N–H and O–H groups in total. The van der Waals surface area contributed by atoms with Gasteiger partial charge in [0.15, 0.2) is 11.5 Å². The average molecular weight is 506 g/mol. The van der Waals surface area contributed by atoms with E-state index in [9.17, 15) is 14.0 Å². The Morgan fingerprint density at radius 3 is 2.38 bits per heavy atom. The van der Waals surface area contributed by atoms with E-state index < -0.39 is 11.8 Å². The van der Waals surface area contributed by atoms with Gasteiger partial charge in [0.2, 0.25) is 0 Å². The number of fused-ring (bicyclic) bond motifs is 1. The number of urea groups is 1. The standard InChI is InChI=1S/C28H28FN3O5/c1-35-23-10-5-19-15-20(27(33)31-24(19)16-23)17-32(28(34)30-22-8-6-21(29)7-9-22)13-12-18-4-11-25(36-2)26(14-18)37-3/h4-11,14-16H,12-13,17H2,1-3H3,(H,30,34)(H,31,33). The van der Waals surface area contributed by atoms with E-state index in [1.807, 2.05) is 18.2 Å². The molecule has 0 fully saturated rings. The number of H-pyrrole nitrogens is 1. The Bertz CT molecular complexity index is 1450. The largest absolute Gasteiger partial charge is 0.497 e. The molecule has 0 atom stereocenters. The minimum atomic E-state index is -0.415. The SMILES string of the molecule is COc1ccc2cc(CN(CCc3ccc(OC)c(OC)c3)C(=O)Nc3ccc(F)cc3)c(=O)[nH]c2c1. The lowest BCUT2D eigenvalue weighted by molar-refractivity contribution is 0.209. The van der Waals surface area contributed by atoms with Gasteiger partial charge < -0.3 is 29.4 Å². The fourth-order valence-corrected chi connectivity index (χ4v) is 3.96. The summed E-state index contributed by atoms with van der Waals surface area (Å²) in [6.07, 6.45) is 0.500. The van der Waals surface area contributed by atoms with Crippen LogP contribution in [0, 0.1) is 5.82 Å². The molecule has 3 aromatic carbocycles. The summed E-state index contributed by atoms with van der Waals surface area (Å²) in [7, 11) is 4.69. The summed E-state index contributed by atoms with van der Waals surface area (Å²) in [6.45, 7) is 0.375. The fraction of sp³-hybridized carbons (Fsp3) is 0.214. The van der Waals surface area contributed by atoms with Crippen molar-refractivity contribution < 1.29 is 23.4 Å². The molecular weight excluding hydrogens is 477 g/mol. The Morgan fingerprint density at radius 1 is 0.919 bits per heavy atom. The van der Waals surface area contributed by atoms with Crippen LogP contribution >= 0.6 is 0 Å². The third-order valence-electron chi connectivity index (χ3n) is 5.99. The van der Waals surface area contributed by atoms with Gasteiger partial charge in [-0.25, -0.2) is 9.18 Å². The second-order valence-electron chi connectivity index (χ2n) is 8.37. The van der Waals surface area contributed by atoms with Crippen molar-refractivity contribution in [2.75, 3.05) is 33.2 Å². The van der Waals surface area contributed by atoms with E-state index in [4.69, 9.17) is 14.2 Å². The molecule has 8 nitrogen and oxygen atoms in total. The lowest BCUT2D eigenvalue weighted by atomic mass is 10.1. The van der Waals surface area contributed by atoms with Crippen molar-refractivity contribution in [1.29, 1.82) is 0 Å². The Labute approximate surface area is 213 Å². The molecule has 0 bridgehead atoms. The third-order valence-corrected chi connectivity index (χ3v) is 5.99. The monoisotopic (exact) mass is 505 g/mol. The number of pyridine rings is 1. The minimum absolute atomic E-state index is 0.0671. The Kier molecular flexibility index (Phi) is 7.92. The molecule has 0 saturated heterocycles. The quantitative estimate of drug-likeness (QED) is 0.335. The summed E-state index contributed by atoms with van der Waals surface area (Å²) in [5.41, 5.74) is 2.14. The molecule has 0 radical (unpaired) electrons. The number of aromatic nitrogens is 1. The smallest absolute Gasteiger partial charge is 0.322 e. The molecule has 4 rings (SSSR count). The summed E-state index contributed by atoms with van der Waals surface area (Å²) in [5.74, 6) is 1.42. The van der Waals surface area contributed by atoms with Gasteiger partial charge in [0, 0.05) is 23.9 Å². The normalized spacial score (nSPS) is 10.7. The Morgan fingerprint density at radius 2 is 1.68 bits per heavy atom. The number of halogens is 1. The van der Waals surface area contributed by atoms with Crippen LogP contribution in [0.25, 0.3) is 10.9 Å². The van der Waals surface area contributed by atoms with Gasteiger partial charge in [-0.1, -0.05) is 6.07 Å². The van der Waals surface area contributed by atoms with Crippen molar-refractivity contribution in [3.63, 3.8) is 0 Å². The number of rotatable bonds is 9. The first kappa shape index (κ1) is 25.6. The summed E-state index contributed by atoms with van der Waals surface area (Å²) in [5, 5.41) is 3.60. The zero-order valence-corrected chi connectivity index (χ0v) is 20.8. The van der Waals surface area contributed by atoms with E-state index in [0.717, 1.165) is 10.9 Å². The van der Waals surface area contributed by atoms with Gasteiger partial charge in [0.1, 0.15) is 11.6 Å². The van der Waals surface area contributed by atoms with Gasteiger partial charge in [-0.2, -0.15) is 0 Å². The lowest BCUT2D eigenvalue weighted by Crippen LogP contribution is -2.37. The first-order valence-electron chi connectivity index (χ1n) is 11.6. The molecule has 0 aliphatic heterocycles. The van der Waals surface area contributed by atoms with Crippen molar-refractivity contribution in [3.05, 3.63) is 94.0 Å². The Hall–Kier alpha value is -4.53. The molecular formula is C28H28FN3O5. The molecule has 0 unspecified atom stereocenters. The van der Waals surface area contributed by atoms with E-state index in [-0.39, 0.29) is 12.1 Å². The number of hydrogen-bond donors (Lipinski definition) is 2. The molecule has 0 aliphatic rings. The first-order chi connectivity index (χ1) is 17.9. The average Bonchev–Trinajstić information content (AvgIpc) is 2.91. The van der Waals surface area contributed by atoms with Gasteiger partial charge in [-0.15, -0.1) is 0 Å². The van der Waals surface area contributed by atoms with Gasteiger partial charge in [-0.05, 0) is 72.0 Å². The molecule has 4 aromatic rings. The molecule has 0 aliphatic carbocycles. The molecule has 9 heteroatoms. The van der Waals surface area contributed by atoms with E-state index >= 15 is 0 Å². The van der Waals surface area contributed by atoms with Crippen LogP contribution in [-0.4, -0.2) is 43.8 Å². The number of carbonyl (C=O) groups is 1. The predicted octanol–water partition coefficient (Wildman–Crippen LogP) is 4.97. The topological polar surface area (TPSA) is 92.9 Å². The number of methoxy groups -OCH3 is 3. The number of aromatic amines is 1. The number of nitrogens with zero attached hydrogens (tertiary/aromatic N) is 1. The van der Waals surface area contributed by atoms with E-state index in [1.54, 1.807) is 50.5 Å². The maximum Gasteiger partial charge on any atom is 0.322 e. The summed E-state index contributed by atoms with van der Waals surface area (Å²) >= 11 is 0. The van der Waals surface area contributed by atoms with Crippen molar-refractivity contribution in [2.45, 2.75) is 13.0 Å². The van der Waals surface area contributed by atoms with Crippen LogP contribution < -0.4 is 25.1 Å². The van der Waals surface area contributed by atoms with Crippen LogP contribution in [0.1, 0.15) is 11.1 Å². The van der Waals surface area contributed by atoms with Gasteiger partial charge in [0.25, 0.3) is 5.56 Å². The Balaban J connectivity index is 1.60. The zero-order chi connectivity index (χ0) is 26.4. The van der Waals surface area contributed by atoms with Gasteiger partial charge in [0.05, 0.1) is 33.4 Å². The van der Waals surface area contributed by atoms with Crippen molar-refractivity contribution in [2.24, 2.45) is 0 Å². The fourth-order valence-electron chi connectivity index (χ4n) is 3.96. The maximum absolute atomic E-state index is 13.3. The van der Waals surface area contributed by atoms with E-state index in [0.29, 0.717) is 47.0 Å². The van der Waals surface area contributed by atoms with Crippen LogP contribution in [0.4, 0.5) is 14.9 Å². The number of carbonyl (C=O) groups excluding carboxylic acids is 1. The van der Waals surface area contributed by atoms with Crippen molar-refractivity contribution >= 4 is 22.6 Å².